The summed E-state index contributed by atoms with van der Waals surface area (Å²) in [5, 5.41) is 0. The molecule has 2 rings (SSSR count). The first-order valence-electron chi connectivity index (χ1n) is 6.67. The van der Waals surface area contributed by atoms with E-state index in [1.165, 1.54) is 30.5 Å². The van der Waals surface area contributed by atoms with Crippen molar-refractivity contribution in [2.24, 2.45) is 5.73 Å². The second-order valence-corrected chi connectivity index (χ2v) is 5.44. The Morgan fingerprint density at radius 1 is 1.29 bits per heavy atom. The summed E-state index contributed by atoms with van der Waals surface area (Å²) < 4.78 is 0. The predicted octanol–water partition coefficient (Wildman–Crippen LogP) is 2.87. The van der Waals surface area contributed by atoms with Crippen LogP contribution in [0.4, 0.5) is 0 Å². The molecule has 0 aliphatic carbocycles. The Labute approximate surface area is 105 Å². The molecule has 0 aromatic heterocycles. The summed E-state index contributed by atoms with van der Waals surface area (Å²) in [4.78, 5) is 2.56. The highest BCUT2D eigenvalue weighted by Gasteiger charge is 2.30. The molecule has 0 saturated carbocycles. The molecule has 2 N–H and O–H groups in total. The number of benzene rings is 1. The SMILES string of the molecule is Cc1ccc(C(C(C)N)N2CCCC2C)cc1. The topological polar surface area (TPSA) is 29.3 Å². The van der Waals surface area contributed by atoms with Crippen LogP contribution in [0.1, 0.15) is 43.9 Å². The van der Waals surface area contributed by atoms with Crippen LogP contribution in [-0.4, -0.2) is 23.5 Å². The summed E-state index contributed by atoms with van der Waals surface area (Å²) in [6, 6.07) is 10.0. The van der Waals surface area contributed by atoms with E-state index in [4.69, 9.17) is 5.73 Å². The molecule has 0 amide bonds. The molecule has 94 valence electrons. The van der Waals surface area contributed by atoms with E-state index in [1.807, 2.05) is 0 Å². The molecule has 0 bridgehead atoms. The van der Waals surface area contributed by atoms with E-state index in [1.54, 1.807) is 0 Å². The number of hydrogen-bond acceptors (Lipinski definition) is 2. The van der Waals surface area contributed by atoms with Gasteiger partial charge in [-0.25, -0.2) is 0 Å². The normalized spacial score (nSPS) is 24.8. The van der Waals surface area contributed by atoms with Crippen LogP contribution in [-0.2, 0) is 0 Å². The first-order valence-corrected chi connectivity index (χ1v) is 6.67. The van der Waals surface area contributed by atoms with Crippen LogP contribution in [0.5, 0.6) is 0 Å². The van der Waals surface area contributed by atoms with Gasteiger partial charge in [0.1, 0.15) is 0 Å². The van der Waals surface area contributed by atoms with E-state index in [-0.39, 0.29) is 6.04 Å². The van der Waals surface area contributed by atoms with E-state index in [0.717, 1.165) is 0 Å². The van der Waals surface area contributed by atoms with E-state index in [0.29, 0.717) is 12.1 Å². The summed E-state index contributed by atoms with van der Waals surface area (Å²) >= 11 is 0. The summed E-state index contributed by atoms with van der Waals surface area (Å²) in [7, 11) is 0. The Hall–Kier alpha value is -0.860. The quantitative estimate of drug-likeness (QED) is 0.868. The van der Waals surface area contributed by atoms with Gasteiger partial charge in [0.2, 0.25) is 0 Å². The molecule has 2 nitrogen and oxygen atoms in total. The van der Waals surface area contributed by atoms with Crippen molar-refractivity contribution < 1.29 is 0 Å². The standard InChI is InChI=1S/C15H24N2/c1-11-6-8-14(9-7-11)15(13(3)16)17-10-4-5-12(17)2/h6-9,12-13,15H,4-5,10,16H2,1-3H3. The molecule has 1 fully saturated rings. The maximum atomic E-state index is 6.21. The van der Waals surface area contributed by atoms with Gasteiger partial charge >= 0.3 is 0 Å². The maximum Gasteiger partial charge on any atom is 0.0499 e. The Kier molecular flexibility index (Phi) is 3.85. The molecule has 1 aliphatic heterocycles. The van der Waals surface area contributed by atoms with Gasteiger partial charge in [0.05, 0.1) is 0 Å². The van der Waals surface area contributed by atoms with Gasteiger partial charge in [-0.3, -0.25) is 4.90 Å². The number of aryl methyl sites for hydroxylation is 1. The molecule has 1 aliphatic rings. The van der Waals surface area contributed by atoms with E-state index in [9.17, 15) is 0 Å². The van der Waals surface area contributed by atoms with Crippen molar-refractivity contribution in [2.75, 3.05) is 6.54 Å². The average Bonchev–Trinajstić information content (AvgIpc) is 2.68. The third-order valence-electron chi connectivity index (χ3n) is 3.88. The molecule has 1 aromatic rings. The smallest absolute Gasteiger partial charge is 0.0499 e. The third kappa shape index (κ3) is 2.70. The number of nitrogens with zero attached hydrogens (tertiary/aromatic N) is 1. The third-order valence-corrected chi connectivity index (χ3v) is 3.88. The van der Waals surface area contributed by atoms with E-state index in [2.05, 4.69) is 49.9 Å². The average molecular weight is 232 g/mol. The summed E-state index contributed by atoms with van der Waals surface area (Å²) in [5.41, 5.74) is 8.88. The fraction of sp³-hybridized carbons (Fsp3) is 0.600. The summed E-state index contributed by atoms with van der Waals surface area (Å²) in [5.74, 6) is 0. The second-order valence-electron chi connectivity index (χ2n) is 5.44. The summed E-state index contributed by atoms with van der Waals surface area (Å²) in [6.07, 6.45) is 2.60. The summed E-state index contributed by atoms with van der Waals surface area (Å²) in [6.45, 7) is 7.75. The van der Waals surface area contributed by atoms with Gasteiger partial charge in [0.25, 0.3) is 0 Å². The maximum absolute atomic E-state index is 6.21. The second kappa shape index (κ2) is 5.19. The molecule has 1 saturated heterocycles. The number of nitrogens with two attached hydrogens (primary N) is 1. The zero-order chi connectivity index (χ0) is 12.4. The first kappa shape index (κ1) is 12.6. The van der Waals surface area contributed by atoms with Crippen molar-refractivity contribution in [1.82, 2.24) is 4.90 Å². The molecule has 0 spiro atoms. The van der Waals surface area contributed by atoms with Gasteiger partial charge < -0.3 is 5.73 Å². The van der Waals surface area contributed by atoms with Gasteiger partial charge in [0.15, 0.2) is 0 Å². The zero-order valence-corrected chi connectivity index (χ0v) is 11.2. The van der Waals surface area contributed by atoms with Crippen LogP contribution in [0.15, 0.2) is 24.3 Å². The minimum atomic E-state index is 0.179. The largest absolute Gasteiger partial charge is 0.326 e. The van der Waals surface area contributed by atoms with Crippen molar-refractivity contribution in [3.8, 4) is 0 Å². The minimum absolute atomic E-state index is 0.179. The molecule has 0 radical (unpaired) electrons. The van der Waals surface area contributed by atoms with E-state index >= 15 is 0 Å². The molecule has 1 heterocycles. The monoisotopic (exact) mass is 232 g/mol. The van der Waals surface area contributed by atoms with Crippen LogP contribution in [0.2, 0.25) is 0 Å². The predicted molar refractivity (Wildman–Crippen MR) is 73.0 cm³/mol. The lowest BCUT2D eigenvalue weighted by Crippen LogP contribution is -2.41. The molecule has 17 heavy (non-hydrogen) atoms. The van der Waals surface area contributed by atoms with Crippen molar-refractivity contribution in [1.29, 1.82) is 0 Å². The molecular weight excluding hydrogens is 208 g/mol. The van der Waals surface area contributed by atoms with Gasteiger partial charge in [0, 0.05) is 18.1 Å². The van der Waals surface area contributed by atoms with Gasteiger partial charge in [-0.2, -0.15) is 0 Å². The van der Waals surface area contributed by atoms with Gasteiger partial charge in [-0.1, -0.05) is 29.8 Å². The molecular formula is C15H24N2. The Morgan fingerprint density at radius 3 is 2.41 bits per heavy atom. The fourth-order valence-electron chi connectivity index (χ4n) is 2.93. The van der Waals surface area contributed by atoms with Crippen LogP contribution >= 0.6 is 0 Å². The van der Waals surface area contributed by atoms with Gasteiger partial charge in [-0.15, -0.1) is 0 Å². The van der Waals surface area contributed by atoms with Crippen molar-refractivity contribution in [3.05, 3.63) is 35.4 Å². The van der Waals surface area contributed by atoms with Crippen molar-refractivity contribution in [3.63, 3.8) is 0 Å². The zero-order valence-electron chi connectivity index (χ0n) is 11.2. The van der Waals surface area contributed by atoms with Crippen LogP contribution in [0.3, 0.4) is 0 Å². The number of hydrogen-bond donors (Lipinski definition) is 1. The highest BCUT2D eigenvalue weighted by molar-refractivity contribution is 5.25. The lowest BCUT2D eigenvalue weighted by Gasteiger charge is -2.34. The number of likely N-dealkylation sites (tertiary alicyclic amines) is 1. The highest BCUT2D eigenvalue weighted by Crippen LogP contribution is 2.31. The lowest BCUT2D eigenvalue weighted by molar-refractivity contribution is 0.170. The minimum Gasteiger partial charge on any atom is -0.326 e. The molecule has 2 heteroatoms. The Bertz CT molecular complexity index is 356. The Morgan fingerprint density at radius 2 is 1.94 bits per heavy atom. The lowest BCUT2D eigenvalue weighted by atomic mass is 9.97. The van der Waals surface area contributed by atoms with Crippen molar-refractivity contribution in [2.45, 2.75) is 51.7 Å². The highest BCUT2D eigenvalue weighted by atomic mass is 15.2. The fourth-order valence-corrected chi connectivity index (χ4v) is 2.93. The van der Waals surface area contributed by atoms with E-state index < -0.39 is 0 Å². The van der Waals surface area contributed by atoms with Crippen LogP contribution < -0.4 is 5.73 Å². The molecule has 3 unspecified atom stereocenters. The van der Waals surface area contributed by atoms with Crippen LogP contribution in [0.25, 0.3) is 0 Å². The molecule has 3 atom stereocenters. The molecule has 1 aromatic carbocycles. The van der Waals surface area contributed by atoms with Gasteiger partial charge in [-0.05, 0) is 45.7 Å². The first-order chi connectivity index (χ1) is 8.09. The van der Waals surface area contributed by atoms with Crippen molar-refractivity contribution >= 4 is 0 Å². The van der Waals surface area contributed by atoms with Crippen LogP contribution in [0, 0.1) is 6.92 Å². The number of rotatable bonds is 3. The Balaban J connectivity index is 2.25.